The number of nitrogens with zero attached hydrogens (tertiary/aromatic N) is 5. The lowest BCUT2D eigenvalue weighted by molar-refractivity contribution is 0.578. The number of hydrogen-bond acceptors (Lipinski definition) is 1. The molecule has 6 rings (SSSR count). The van der Waals surface area contributed by atoms with Gasteiger partial charge in [-0.3, -0.25) is 4.57 Å². The van der Waals surface area contributed by atoms with Gasteiger partial charge in [0.25, 0.3) is 0 Å². The van der Waals surface area contributed by atoms with Crippen molar-refractivity contribution in [2.45, 2.75) is 40.8 Å². The molecule has 0 N–H and O–H groups in total. The van der Waals surface area contributed by atoms with E-state index in [1.165, 1.54) is 10.8 Å². The summed E-state index contributed by atoms with van der Waals surface area (Å²) < 4.78 is 4.46. The number of guanidine groups is 1. The third kappa shape index (κ3) is 5.49. The molecule has 44 heavy (non-hydrogen) atoms. The van der Waals surface area contributed by atoms with Gasteiger partial charge in [0.1, 0.15) is 12.0 Å². The fourth-order valence-corrected chi connectivity index (χ4v) is 5.94. The van der Waals surface area contributed by atoms with Gasteiger partial charge < -0.3 is 9.47 Å². The molecule has 222 valence electrons. The van der Waals surface area contributed by atoms with Gasteiger partial charge >= 0.3 is 0 Å². The first kappa shape index (κ1) is 30.3. The molecule has 0 radical (unpaired) electrons. The molecule has 2 aromatic heterocycles. The quantitative estimate of drug-likeness (QED) is 0.149. The molecule has 0 aliphatic heterocycles. The molecule has 0 bridgehead atoms. The van der Waals surface area contributed by atoms with E-state index >= 15 is 0 Å². The van der Waals surface area contributed by atoms with E-state index < -0.39 is 0 Å². The Hall–Kier alpha value is -5.16. The summed E-state index contributed by atoms with van der Waals surface area (Å²) in [5.74, 6) is 1.49. The van der Waals surface area contributed by atoms with Crippen LogP contribution in [0.25, 0.3) is 45.4 Å². The van der Waals surface area contributed by atoms with Crippen LogP contribution in [0.15, 0.2) is 126 Å². The average molecular weight is 580 g/mol. The molecule has 1 atom stereocenters. The van der Waals surface area contributed by atoms with Crippen molar-refractivity contribution in [3.05, 3.63) is 126 Å². The molecule has 2 heterocycles. The predicted molar refractivity (Wildman–Crippen MR) is 192 cm³/mol. The Balaban J connectivity index is 0.00000188. The molecule has 4 aromatic carbocycles. The largest absolute Gasteiger partial charge is 0.318 e. The number of allylic oxidation sites excluding steroid dienone is 1. The van der Waals surface area contributed by atoms with Crippen LogP contribution in [0.5, 0.6) is 0 Å². The maximum atomic E-state index is 5.33. The van der Waals surface area contributed by atoms with E-state index in [0.29, 0.717) is 12.5 Å². The zero-order valence-electron chi connectivity index (χ0n) is 26.4. The fourth-order valence-electron chi connectivity index (χ4n) is 5.94. The lowest BCUT2D eigenvalue weighted by Gasteiger charge is -2.24. The molecule has 0 aliphatic rings. The minimum atomic E-state index is -0.265. The lowest BCUT2D eigenvalue weighted by atomic mass is 10.2. The third-order valence-corrected chi connectivity index (χ3v) is 7.80. The minimum Gasteiger partial charge on any atom is -0.318 e. The number of aliphatic imine (C=N–C) groups is 2. The number of para-hydroxylation sites is 4. The highest BCUT2D eigenvalue weighted by atomic mass is 15.3. The molecule has 0 saturated heterocycles. The SMILES string of the molecule is C=C/C=c1\c(=C)c2ccccc2n1C(C)/N=C(\N=C(/C)n1c2ccccc2c2ccccc21)N(CC)c1ccccc1.CC. The first-order valence-corrected chi connectivity index (χ1v) is 15.4. The molecule has 5 heteroatoms. The standard InChI is InChI=1S/C37H35N5.C2H6/c1-6-17-33-26(3)30-20-11-14-23-34(30)41(33)27(4)38-37(40(7-2)29-18-9-8-10-19-29)39-28(5)42-35-24-15-12-21-31(35)32-22-13-16-25-36(32)42;1-2/h6,8-25,27H,1,3,7H2,2,4-5H3;1-2H3/b33-17+,38-37+,39-28+;. The molecule has 0 aliphatic carbocycles. The lowest BCUT2D eigenvalue weighted by Crippen LogP contribution is -2.33. The Morgan fingerprint density at radius 2 is 1.32 bits per heavy atom. The number of aromatic nitrogens is 2. The van der Waals surface area contributed by atoms with Crippen LogP contribution in [0.3, 0.4) is 0 Å². The number of fused-ring (bicyclic) bond motifs is 4. The highest BCUT2D eigenvalue weighted by Gasteiger charge is 2.18. The number of anilines is 1. The molecule has 0 saturated carbocycles. The Morgan fingerprint density at radius 3 is 1.89 bits per heavy atom. The van der Waals surface area contributed by atoms with Crippen LogP contribution in [0.1, 0.15) is 40.8 Å². The van der Waals surface area contributed by atoms with Crippen LogP contribution >= 0.6 is 0 Å². The Bertz CT molecular complexity index is 2040. The summed E-state index contributed by atoms with van der Waals surface area (Å²) in [7, 11) is 0. The number of hydrogen-bond donors (Lipinski definition) is 0. The van der Waals surface area contributed by atoms with Crippen molar-refractivity contribution in [3.8, 4) is 0 Å². The Morgan fingerprint density at radius 1 is 0.795 bits per heavy atom. The van der Waals surface area contributed by atoms with Gasteiger partial charge in [0.05, 0.1) is 21.9 Å². The zero-order chi connectivity index (χ0) is 31.2. The summed E-state index contributed by atoms with van der Waals surface area (Å²) in [5, 5.41) is 5.48. The highest BCUT2D eigenvalue weighted by Crippen LogP contribution is 2.29. The van der Waals surface area contributed by atoms with E-state index in [2.05, 4.69) is 127 Å². The maximum absolute atomic E-state index is 5.33. The monoisotopic (exact) mass is 579 g/mol. The summed E-state index contributed by atoms with van der Waals surface area (Å²) in [6.45, 7) is 19.4. The van der Waals surface area contributed by atoms with Crippen molar-refractivity contribution in [1.29, 1.82) is 0 Å². The second-order valence-corrected chi connectivity index (χ2v) is 10.3. The predicted octanol–water partition coefficient (Wildman–Crippen LogP) is 8.52. The van der Waals surface area contributed by atoms with Crippen molar-refractivity contribution in [2.24, 2.45) is 9.98 Å². The molecule has 1 unspecified atom stereocenters. The second kappa shape index (κ2) is 13.4. The topological polar surface area (TPSA) is 37.8 Å². The number of benzene rings is 4. The molecular formula is C39H41N5. The fraction of sp³-hybridized carbons (Fsp3) is 0.179. The van der Waals surface area contributed by atoms with E-state index in [4.69, 9.17) is 9.98 Å². The van der Waals surface area contributed by atoms with Gasteiger partial charge in [-0.2, -0.15) is 4.99 Å². The molecule has 0 spiro atoms. The van der Waals surface area contributed by atoms with Crippen molar-refractivity contribution >= 4 is 62.8 Å². The summed E-state index contributed by atoms with van der Waals surface area (Å²) in [6.07, 6.45) is 3.55. The van der Waals surface area contributed by atoms with Gasteiger partial charge in [-0.15, -0.1) is 0 Å². The van der Waals surface area contributed by atoms with E-state index in [-0.39, 0.29) is 6.17 Å². The van der Waals surface area contributed by atoms with Gasteiger partial charge in [-0.05, 0) is 57.2 Å². The van der Waals surface area contributed by atoms with Crippen molar-refractivity contribution < 1.29 is 0 Å². The summed E-state index contributed by atoms with van der Waals surface area (Å²) in [6, 6.07) is 35.7. The summed E-state index contributed by atoms with van der Waals surface area (Å²) in [5.41, 5.74) is 4.36. The van der Waals surface area contributed by atoms with E-state index in [0.717, 1.165) is 44.0 Å². The molecular weight excluding hydrogens is 538 g/mol. The molecule has 6 aromatic rings. The van der Waals surface area contributed by atoms with E-state index in [1.807, 2.05) is 50.3 Å². The second-order valence-electron chi connectivity index (χ2n) is 10.3. The summed E-state index contributed by atoms with van der Waals surface area (Å²) >= 11 is 0. The Kier molecular flexibility index (Phi) is 9.25. The molecule has 0 amide bonds. The smallest absolute Gasteiger partial charge is 0.229 e. The van der Waals surface area contributed by atoms with Crippen LogP contribution < -0.4 is 15.5 Å². The highest BCUT2D eigenvalue weighted by molar-refractivity contribution is 6.15. The van der Waals surface area contributed by atoms with Crippen LogP contribution in [-0.4, -0.2) is 27.5 Å². The van der Waals surface area contributed by atoms with Crippen LogP contribution in [-0.2, 0) is 0 Å². The van der Waals surface area contributed by atoms with Crippen LogP contribution in [0.4, 0.5) is 5.69 Å². The van der Waals surface area contributed by atoms with E-state index in [9.17, 15) is 0 Å². The van der Waals surface area contributed by atoms with Gasteiger partial charge in [0.2, 0.25) is 5.96 Å². The normalized spacial score (nSPS) is 13.2. The van der Waals surface area contributed by atoms with Crippen LogP contribution in [0, 0.1) is 0 Å². The van der Waals surface area contributed by atoms with Crippen molar-refractivity contribution in [3.63, 3.8) is 0 Å². The zero-order valence-corrected chi connectivity index (χ0v) is 26.4. The first-order chi connectivity index (χ1) is 21.5. The average Bonchev–Trinajstić information content (AvgIpc) is 3.55. The van der Waals surface area contributed by atoms with Crippen LogP contribution in [0.2, 0.25) is 0 Å². The van der Waals surface area contributed by atoms with Gasteiger partial charge in [0.15, 0.2) is 0 Å². The Labute approximate surface area is 260 Å². The molecule has 5 nitrogen and oxygen atoms in total. The number of rotatable bonds is 5. The van der Waals surface area contributed by atoms with Gasteiger partial charge in [0, 0.05) is 33.6 Å². The maximum Gasteiger partial charge on any atom is 0.229 e. The summed E-state index contributed by atoms with van der Waals surface area (Å²) in [4.78, 5) is 12.8. The van der Waals surface area contributed by atoms with Gasteiger partial charge in [-0.25, -0.2) is 4.99 Å². The van der Waals surface area contributed by atoms with E-state index in [1.54, 1.807) is 0 Å². The van der Waals surface area contributed by atoms with Crippen molar-refractivity contribution in [2.75, 3.05) is 11.4 Å². The minimum absolute atomic E-state index is 0.265. The third-order valence-electron chi connectivity index (χ3n) is 7.80. The van der Waals surface area contributed by atoms with Crippen molar-refractivity contribution in [1.82, 2.24) is 9.13 Å². The first-order valence-electron chi connectivity index (χ1n) is 15.4. The van der Waals surface area contributed by atoms with Gasteiger partial charge in [-0.1, -0.05) is 106 Å². The molecule has 0 fully saturated rings.